The van der Waals surface area contributed by atoms with Crippen LogP contribution < -0.4 is 4.31 Å². The van der Waals surface area contributed by atoms with Gasteiger partial charge in [0.15, 0.2) is 0 Å². The molecule has 2 aromatic carbocycles. The summed E-state index contributed by atoms with van der Waals surface area (Å²) in [5, 5.41) is 2.74. The molecule has 0 radical (unpaired) electrons. The van der Waals surface area contributed by atoms with Crippen molar-refractivity contribution in [2.24, 2.45) is 0 Å². The predicted octanol–water partition coefficient (Wildman–Crippen LogP) is 4.32. The monoisotopic (exact) mass is 217 g/mol. The lowest BCUT2D eigenvalue weighted by Gasteiger charge is -2.08. The van der Waals surface area contributed by atoms with Gasteiger partial charge < -0.3 is 4.31 Å². The Morgan fingerprint density at radius 1 is 1.00 bits per heavy atom. The summed E-state index contributed by atoms with van der Waals surface area (Å²) in [5.41, 5.74) is 1.33. The summed E-state index contributed by atoms with van der Waals surface area (Å²) in [5.74, 6) is 0. The smallest absolute Gasteiger partial charge is 0.0560 e. The van der Waals surface area contributed by atoms with Gasteiger partial charge in [0.2, 0.25) is 0 Å². The van der Waals surface area contributed by atoms with Crippen molar-refractivity contribution in [2.45, 2.75) is 18.7 Å². The molecule has 0 saturated carbocycles. The van der Waals surface area contributed by atoms with Crippen molar-refractivity contribution in [1.29, 1.82) is 0 Å². The summed E-state index contributed by atoms with van der Waals surface area (Å²) in [6.07, 6.45) is 0. The first-order chi connectivity index (χ1) is 7.36. The molecule has 2 aromatic rings. The first kappa shape index (κ1) is 10.4. The largest absolute Gasteiger partial charge is 0.315 e. The zero-order chi connectivity index (χ0) is 10.8. The summed E-state index contributed by atoms with van der Waals surface area (Å²) >= 11 is 1.80. The van der Waals surface area contributed by atoms with Gasteiger partial charge in [-0.1, -0.05) is 38.1 Å². The minimum absolute atomic E-state index is 1.33. The Balaban J connectivity index is 0.000000404. The standard InChI is InChI=1S/C11H9NS.C2H6/c1-12-9-6-2-4-8-5-3-7-10(13-12)11(8)9;1-2/h2-7H,1H3;1-2H3. The van der Waals surface area contributed by atoms with Crippen molar-refractivity contribution < 1.29 is 0 Å². The molecule has 1 aliphatic heterocycles. The number of hydrogen-bond donors (Lipinski definition) is 0. The average Bonchev–Trinajstić information content (AvgIpc) is 2.62. The van der Waals surface area contributed by atoms with Crippen LogP contribution in [-0.2, 0) is 0 Å². The maximum Gasteiger partial charge on any atom is 0.0560 e. The minimum Gasteiger partial charge on any atom is -0.315 e. The molecule has 1 nitrogen and oxygen atoms in total. The lowest BCUT2D eigenvalue weighted by atomic mass is 10.1. The van der Waals surface area contributed by atoms with Crippen LogP contribution in [-0.4, -0.2) is 7.05 Å². The molecule has 3 rings (SSSR count). The topological polar surface area (TPSA) is 3.24 Å². The van der Waals surface area contributed by atoms with E-state index in [2.05, 4.69) is 47.8 Å². The Hall–Kier alpha value is -1.15. The molecular weight excluding hydrogens is 202 g/mol. The van der Waals surface area contributed by atoms with E-state index in [1.807, 2.05) is 13.8 Å². The highest BCUT2D eigenvalue weighted by atomic mass is 32.2. The molecule has 2 heteroatoms. The van der Waals surface area contributed by atoms with Crippen molar-refractivity contribution in [3.63, 3.8) is 0 Å². The van der Waals surface area contributed by atoms with E-state index < -0.39 is 0 Å². The highest BCUT2D eigenvalue weighted by Crippen LogP contribution is 2.44. The van der Waals surface area contributed by atoms with Crippen LogP contribution in [0.1, 0.15) is 13.8 Å². The molecule has 0 aromatic heterocycles. The van der Waals surface area contributed by atoms with E-state index in [0.29, 0.717) is 0 Å². The lowest BCUT2D eigenvalue weighted by Crippen LogP contribution is -1.99. The number of rotatable bonds is 0. The van der Waals surface area contributed by atoms with Gasteiger partial charge in [-0.25, -0.2) is 0 Å². The zero-order valence-corrected chi connectivity index (χ0v) is 10.1. The lowest BCUT2D eigenvalue weighted by molar-refractivity contribution is 1.40. The molecule has 0 aliphatic carbocycles. The van der Waals surface area contributed by atoms with Crippen LogP contribution >= 0.6 is 11.9 Å². The van der Waals surface area contributed by atoms with E-state index in [9.17, 15) is 0 Å². The van der Waals surface area contributed by atoms with Gasteiger partial charge in [0.1, 0.15) is 0 Å². The third-order valence-corrected chi connectivity index (χ3v) is 3.43. The third kappa shape index (κ3) is 1.59. The van der Waals surface area contributed by atoms with Crippen LogP contribution in [0.15, 0.2) is 41.3 Å². The normalized spacial score (nSPS) is 12.6. The molecule has 0 unspecified atom stereocenters. The average molecular weight is 217 g/mol. The molecule has 1 aliphatic rings. The first-order valence-electron chi connectivity index (χ1n) is 5.30. The second kappa shape index (κ2) is 4.15. The highest BCUT2D eigenvalue weighted by molar-refractivity contribution is 8.01. The van der Waals surface area contributed by atoms with Gasteiger partial charge in [-0.3, -0.25) is 0 Å². The molecule has 0 amide bonds. The van der Waals surface area contributed by atoms with E-state index in [-0.39, 0.29) is 0 Å². The van der Waals surface area contributed by atoms with Gasteiger partial charge in [-0.05, 0) is 29.5 Å². The molecule has 1 heterocycles. The minimum atomic E-state index is 1.33. The van der Waals surface area contributed by atoms with Gasteiger partial charge in [0.25, 0.3) is 0 Å². The fourth-order valence-corrected chi connectivity index (χ4v) is 2.82. The molecule has 0 N–H and O–H groups in total. The van der Waals surface area contributed by atoms with Crippen LogP contribution in [0.25, 0.3) is 10.8 Å². The Kier molecular flexibility index (Phi) is 2.87. The van der Waals surface area contributed by atoms with E-state index >= 15 is 0 Å². The van der Waals surface area contributed by atoms with Crippen molar-refractivity contribution in [2.75, 3.05) is 11.4 Å². The van der Waals surface area contributed by atoms with Crippen LogP contribution in [0, 0.1) is 0 Å². The number of hydrogen-bond acceptors (Lipinski definition) is 2. The zero-order valence-electron chi connectivity index (χ0n) is 9.32. The SMILES string of the molecule is CC.CN1Sc2cccc3cccc1c23. The second-order valence-electron chi connectivity index (χ2n) is 3.22. The highest BCUT2D eigenvalue weighted by Gasteiger charge is 2.18. The Morgan fingerprint density at radius 2 is 1.67 bits per heavy atom. The molecule has 0 saturated heterocycles. The fourth-order valence-electron chi connectivity index (χ4n) is 1.82. The maximum atomic E-state index is 2.22. The van der Waals surface area contributed by atoms with Gasteiger partial charge in [0, 0.05) is 17.3 Å². The molecule has 15 heavy (non-hydrogen) atoms. The summed E-state index contributed by atoms with van der Waals surface area (Å²) in [6, 6.07) is 12.9. The van der Waals surface area contributed by atoms with E-state index in [4.69, 9.17) is 0 Å². The van der Waals surface area contributed by atoms with E-state index in [1.54, 1.807) is 11.9 Å². The molecule has 0 atom stereocenters. The van der Waals surface area contributed by atoms with Crippen molar-refractivity contribution in [1.82, 2.24) is 0 Å². The van der Waals surface area contributed by atoms with Crippen LogP contribution in [0.5, 0.6) is 0 Å². The van der Waals surface area contributed by atoms with Crippen LogP contribution in [0.4, 0.5) is 5.69 Å². The molecule has 0 fully saturated rings. The van der Waals surface area contributed by atoms with E-state index in [1.165, 1.54) is 21.4 Å². The number of nitrogens with zero attached hydrogens (tertiary/aromatic N) is 1. The summed E-state index contributed by atoms with van der Waals surface area (Å²) in [4.78, 5) is 1.37. The van der Waals surface area contributed by atoms with Gasteiger partial charge >= 0.3 is 0 Å². The number of benzene rings is 2. The second-order valence-corrected chi connectivity index (χ2v) is 4.39. The predicted molar refractivity (Wildman–Crippen MR) is 69.6 cm³/mol. The summed E-state index contributed by atoms with van der Waals surface area (Å²) in [7, 11) is 2.11. The quantitative estimate of drug-likeness (QED) is 0.604. The van der Waals surface area contributed by atoms with Crippen LogP contribution in [0.2, 0.25) is 0 Å². The van der Waals surface area contributed by atoms with Crippen molar-refractivity contribution >= 4 is 28.4 Å². The molecule has 78 valence electrons. The maximum absolute atomic E-state index is 2.22. The Labute approximate surface area is 95.2 Å². The Morgan fingerprint density at radius 3 is 2.40 bits per heavy atom. The molecule has 0 bridgehead atoms. The molecule has 0 spiro atoms. The Bertz CT molecular complexity index is 474. The van der Waals surface area contributed by atoms with Crippen molar-refractivity contribution in [3.05, 3.63) is 36.4 Å². The third-order valence-electron chi connectivity index (χ3n) is 2.42. The van der Waals surface area contributed by atoms with Crippen LogP contribution in [0.3, 0.4) is 0 Å². The van der Waals surface area contributed by atoms with Gasteiger partial charge in [0.05, 0.1) is 5.69 Å². The first-order valence-corrected chi connectivity index (χ1v) is 6.07. The molecular formula is C13H15NS. The summed E-state index contributed by atoms with van der Waals surface area (Å²) in [6.45, 7) is 4.00. The van der Waals surface area contributed by atoms with Gasteiger partial charge in [-0.15, -0.1) is 0 Å². The number of anilines is 1. The van der Waals surface area contributed by atoms with E-state index in [0.717, 1.165) is 0 Å². The fraction of sp³-hybridized carbons (Fsp3) is 0.231. The van der Waals surface area contributed by atoms with Crippen molar-refractivity contribution in [3.8, 4) is 0 Å². The summed E-state index contributed by atoms with van der Waals surface area (Å²) < 4.78 is 2.22. The van der Waals surface area contributed by atoms with Gasteiger partial charge in [-0.2, -0.15) is 0 Å².